The van der Waals surface area contributed by atoms with Crippen molar-refractivity contribution in [3.05, 3.63) is 29.3 Å². The quantitative estimate of drug-likeness (QED) is 0.763. The Morgan fingerprint density at radius 1 is 1.41 bits per heavy atom. The molecule has 1 aliphatic carbocycles. The standard InChI is InChI=1S/C13H16ClNOS/c1-2-15(11-5-6-11)13(16)9-17-12-7-3-10(14)4-8-12/h3-4,7-8,11H,2,5-6,9H2,1H3. The lowest BCUT2D eigenvalue weighted by Gasteiger charge is -2.19. The topological polar surface area (TPSA) is 20.3 Å². The van der Waals surface area contributed by atoms with E-state index in [1.807, 2.05) is 36.1 Å². The lowest BCUT2D eigenvalue weighted by Crippen LogP contribution is -2.34. The normalized spacial score (nSPS) is 14.7. The minimum Gasteiger partial charge on any atom is -0.339 e. The van der Waals surface area contributed by atoms with Gasteiger partial charge in [0.25, 0.3) is 0 Å². The van der Waals surface area contributed by atoms with Gasteiger partial charge in [0.1, 0.15) is 0 Å². The van der Waals surface area contributed by atoms with Crippen LogP contribution in [-0.2, 0) is 4.79 Å². The minimum atomic E-state index is 0.245. The van der Waals surface area contributed by atoms with Crippen molar-refractivity contribution >= 4 is 29.3 Å². The zero-order valence-corrected chi connectivity index (χ0v) is 11.4. The molecule has 1 fully saturated rings. The maximum atomic E-state index is 12.0. The predicted octanol–water partition coefficient (Wildman–Crippen LogP) is 3.44. The van der Waals surface area contributed by atoms with Crippen LogP contribution in [0.5, 0.6) is 0 Å². The summed E-state index contributed by atoms with van der Waals surface area (Å²) in [7, 11) is 0. The van der Waals surface area contributed by atoms with E-state index in [9.17, 15) is 4.79 Å². The van der Waals surface area contributed by atoms with E-state index in [0.717, 1.165) is 16.5 Å². The highest BCUT2D eigenvalue weighted by molar-refractivity contribution is 8.00. The first-order valence-electron chi connectivity index (χ1n) is 5.88. The number of carbonyl (C=O) groups excluding carboxylic acids is 1. The van der Waals surface area contributed by atoms with Crippen molar-refractivity contribution in [2.45, 2.75) is 30.7 Å². The average molecular weight is 270 g/mol. The van der Waals surface area contributed by atoms with Crippen molar-refractivity contribution in [2.24, 2.45) is 0 Å². The van der Waals surface area contributed by atoms with Gasteiger partial charge in [-0.3, -0.25) is 4.79 Å². The number of halogens is 1. The number of thioether (sulfide) groups is 1. The van der Waals surface area contributed by atoms with Crippen molar-refractivity contribution in [3.63, 3.8) is 0 Å². The number of nitrogens with zero attached hydrogens (tertiary/aromatic N) is 1. The molecule has 0 saturated heterocycles. The van der Waals surface area contributed by atoms with Gasteiger partial charge >= 0.3 is 0 Å². The van der Waals surface area contributed by atoms with E-state index in [1.165, 1.54) is 12.8 Å². The molecule has 0 spiro atoms. The molecule has 92 valence electrons. The molecule has 1 aliphatic rings. The van der Waals surface area contributed by atoms with E-state index in [0.29, 0.717) is 11.8 Å². The van der Waals surface area contributed by atoms with Gasteiger partial charge in [0.2, 0.25) is 5.91 Å². The zero-order chi connectivity index (χ0) is 12.3. The minimum absolute atomic E-state index is 0.245. The van der Waals surface area contributed by atoms with E-state index < -0.39 is 0 Å². The Morgan fingerprint density at radius 2 is 2.06 bits per heavy atom. The Labute approximate surface area is 111 Å². The van der Waals surface area contributed by atoms with E-state index >= 15 is 0 Å². The number of hydrogen-bond acceptors (Lipinski definition) is 2. The maximum Gasteiger partial charge on any atom is 0.233 e. The Balaban J connectivity index is 1.84. The van der Waals surface area contributed by atoms with Crippen molar-refractivity contribution < 1.29 is 4.79 Å². The van der Waals surface area contributed by atoms with Crippen LogP contribution in [0.25, 0.3) is 0 Å². The molecule has 1 saturated carbocycles. The molecule has 1 aromatic rings. The lowest BCUT2D eigenvalue weighted by molar-refractivity contribution is -0.128. The molecule has 0 atom stereocenters. The molecule has 0 radical (unpaired) electrons. The highest BCUT2D eigenvalue weighted by Crippen LogP contribution is 2.28. The molecule has 0 aromatic heterocycles. The Bertz CT molecular complexity index is 389. The first-order valence-corrected chi connectivity index (χ1v) is 7.25. The summed E-state index contributed by atoms with van der Waals surface area (Å²) in [5, 5.41) is 0.730. The summed E-state index contributed by atoms with van der Waals surface area (Å²) < 4.78 is 0. The summed E-state index contributed by atoms with van der Waals surface area (Å²) in [4.78, 5) is 15.1. The van der Waals surface area contributed by atoms with Crippen LogP contribution in [0.2, 0.25) is 5.02 Å². The van der Waals surface area contributed by atoms with Crippen LogP contribution in [-0.4, -0.2) is 29.1 Å². The van der Waals surface area contributed by atoms with Crippen LogP contribution >= 0.6 is 23.4 Å². The van der Waals surface area contributed by atoms with Crippen molar-refractivity contribution in [1.29, 1.82) is 0 Å². The van der Waals surface area contributed by atoms with E-state index in [4.69, 9.17) is 11.6 Å². The van der Waals surface area contributed by atoms with Crippen LogP contribution < -0.4 is 0 Å². The van der Waals surface area contributed by atoms with Crippen molar-refractivity contribution in [2.75, 3.05) is 12.3 Å². The number of rotatable bonds is 5. The van der Waals surface area contributed by atoms with Gasteiger partial charge in [0.05, 0.1) is 5.75 Å². The smallest absolute Gasteiger partial charge is 0.233 e. The lowest BCUT2D eigenvalue weighted by atomic mass is 10.4. The van der Waals surface area contributed by atoms with Crippen molar-refractivity contribution in [3.8, 4) is 0 Å². The van der Waals surface area contributed by atoms with E-state index in [1.54, 1.807) is 11.8 Å². The SMILES string of the molecule is CCN(C(=O)CSc1ccc(Cl)cc1)C1CC1. The molecule has 0 heterocycles. The van der Waals surface area contributed by atoms with Crippen LogP contribution in [0.4, 0.5) is 0 Å². The molecule has 4 heteroatoms. The van der Waals surface area contributed by atoms with Gasteiger partial charge in [-0.05, 0) is 44.0 Å². The first-order chi connectivity index (χ1) is 8.20. The summed E-state index contributed by atoms with van der Waals surface area (Å²) in [5.74, 6) is 0.765. The second-order valence-corrected chi connectivity index (χ2v) is 5.64. The second-order valence-electron chi connectivity index (χ2n) is 4.15. The molecular weight excluding hydrogens is 254 g/mol. The molecule has 0 bridgehead atoms. The van der Waals surface area contributed by atoms with E-state index in [2.05, 4.69) is 0 Å². The number of amides is 1. The molecule has 1 aromatic carbocycles. The number of carbonyl (C=O) groups is 1. The van der Waals surface area contributed by atoms with Gasteiger partial charge in [-0.1, -0.05) is 11.6 Å². The second kappa shape index (κ2) is 5.78. The third-order valence-corrected chi connectivity index (χ3v) is 4.07. The molecule has 17 heavy (non-hydrogen) atoms. The molecule has 0 aliphatic heterocycles. The maximum absolute atomic E-state index is 12.0. The van der Waals surface area contributed by atoms with Crippen molar-refractivity contribution in [1.82, 2.24) is 4.90 Å². The highest BCUT2D eigenvalue weighted by Gasteiger charge is 2.30. The number of benzene rings is 1. The van der Waals surface area contributed by atoms with Gasteiger partial charge in [-0.25, -0.2) is 0 Å². The Hall–Kier alpha value is -0.670. The predicted molar refractivity (Wildman–Crippen MR) is 72.6 cm³/mol. The van der Waals surface area contributed by atoms with Gasteiger partial charge in [-0.2, -0.15) is 0 Å². The summed E-state index contributed by atoms with van der Waals surface area (Å²) in [6.07, 6.45) is 2.34. The third kappa shape index (κ3) is 3.65. The van der Waals surface area contributed by atoms with Gasteiger partial charge in [0.15, 0.2) is 0 Å². The first kappa shape index (κ1) is 12.8. The molecule has 0 N–H and O–H groups in total. The molecule has 2 nitrogen and oxygen atoms in total. The molecular formula is C13H16ClNOS. The third-order valence-electron chi connectivity index (χ3n) is 2.82. The average Bonchev–Trinajstić information content (AvgIpc) is 3.14. The van der Waals surface area contributed by atoms with Crippen LogP contribution in [0.15, 0.2) is 29.2 Å². The van der Waals surface area contributed by atoms with Crippen LogP contribution in [0.3, 0.4) is 0 Å². The van der Waals surface area contributed by atoms with Gasteiger partial charge in [-0.15, -0.1) is 11.8 Å². The summed E-state index contributed by atoms with van der Waals surface area (Å²) in [6, 6.07) is 8.12. The monoisotopic (exact) mass is 269 g/mol. The Morgan fingerprint density at radius 3 is 2.59 bits per heavy atom. The Kier molecular flexibility index (Phi) is 4.35. The summed E-state index contributed by atoms with van der Waals surface area (Å²) >= 11 is 7.39. The largest absolute Gasteiger partial charge is 0.339 e. The molecule has 0 unspecified atom stereocenters. The van der Waals surface area contributed by atoms with Gasteiger partial charge in [0, 0.05) is 22.5 Å². The fourth-order valence-corrected chi connectivity index (χ4v) is 2.69. The highest BCUT2D eigenvalue weighted by atomic mass is 35.5. The number of hydrogen-bond donors (Lipinski definition) is 0. The van der Waals surface area contributed by atoms with E-state index in [-0.39, 0.29) is 5.91 Å². The summed E-state index contributed by atoms with van der Waals surface area (Å²) in [5.41, 5.74) is 0. The van der Waals surface area contributed by atoms with Gasteiger partial charge < -0.3 is 4.90 Å². The van der Waals surface area contributed by atoms with Crippen LogP contribution in [0.1, 0.15) is 19.8 Å². The molecule has 2 rings (SSSR count). The summed E-state index contributed by atoms with van der Waals surface area (Å²) in [6.45, 7) is 2.87. The zero-order valence-electron chi connectivity index (χ0n) is 9.86. The molecule has 1 amide bonds. The fourth-order valence-electron chi connectivity index (χ4n) is 1.78. The fraction of sp³-hybridized carbons (Fsp3) is 0.462. The van der Waals surface area contributed by atoms with Crippen LogP contribution in [0, 0.1) is 0 Å².